The molecule has 0 aliphatic carbocycles. The summed E-state index contributed by atoms with van der Waals surface area (Å²) in [4.78, 5) is 32.0. The molecular weight excluding hydrogens is 374 g/mol. The Labute approximate surface area is 169 Å². The maximum Gasteiger partial charge on any atom is 0.321 e. The van der Waals surface area contributed by atoms with Crippen molar-refractivity contribution in [1.82, 2.24) is 19.9 Å². The number of nitrogens with one attached hydrogen (secondary N) is 1. The second-order valence-corrected chi connectivity index (χ2v) is 7.54. The van der Waals surface area contributed by atoms with Crippen LogP contribution in [0.5, 0.6) is 5.75 Å². The van der Waals surface area contributed by atoms with E-state index in [0.717, 1.165) is 25.9 Å². The van der Waals surface area contributed by atoms with Crippen LogP contribution in [0.15, 0.2) is 28.8 Å². The average Bonchev–Trinajstić information content (AvgIpc) is 3.16. The number of carbonyl (C=O) groups excluding carboxylic acids is 2. The van der Waals surface area contributed by atoms with Crippen molar-refractivity contribution in [1.29, 1.82) is 0 Å². The molecule has 2 aromatic rings. The number of anilines is 1. The number of rotatable bonds is 4. The smallest absolute Gasteiger partial charge is 0.321 e. The molecule has 3 heterocycles. The van der Waals surface area contributed by atoms with Gasteiger partial charge >= 0.3 is 6.03 Å². The van der Waals surface area contributed by atoms with Gasteiger partial charge in [0.25, 0.3) is 0 Å². The van der Waals surface area contributed by atoms with Crippen molar-refractivity contribution < 1.29 is 18.8 Å². The van der Waals surface area contributed by atoms with E-state index in [9.17, 15) is 9.59 Å². The first-order valence-corrected chi connectivity index (χ1v) is 9.82. The normalized spacial score (nSPS) is 17.7. The lowest BCUT2D eigenvalue weighted by Crippen LogP contribution is -2.50. The maximum atomic E-state index is 12.4. The zero-order chi connectivity index (χ0) is 20.4. The number of hydrogen-bond donors (Lipinski definition) is 1. The number of piperidine rings is 1. The number of carbonyl (C=O) groups is 2. The first-order chi connectivity index (χ1) is 14.0. The third-order valence-electron chi connectivity index (χ3n) is 5.60. The number of ether oxygens (including phenoxy) is 1. The SMILES string of the molecule is COc1cccc(NC(=O)N2CC(c3nc(C4CCN(C(C)=O)CC4)no3)C2)c1. The molecule has 2 saturated heterocycles. The van der Waals surface area contributed by atoms with E-state index in [2.05, 4.69) is 15.5 Å². The molecule has 1 aromatic heterocycles. The topological polar surface area (TPSA) is 101 Å². The monoisotopic (exact) mass is 399 g/mol. The summed E-state index contributed by atoms with van der Waals surface area (Å²) in [5.74, 6) is 2.37. The van der Waals surface area contributed by atoms with E-state index >= 15 is 0 Å². The van der Waals surface area contributed by atoms with Gasteiger partial charge in [-0.1, -0.05) is 11.2 Å². The Balaban J connectivity index is 1.28. The number of nitrogens with zero attached hydrogens (tertiary/aromatic N) is 4. The van der Waals surface area contributed by atoms with Gasteiger partial charge in [0, 0.05) is 50.8 Å². The van der Waals surface area contributed by atoms with Crippen molar-refractivity contribution in [2.24, 2.45) is 0 Å². The summed E-state index contributed by atoms with van der Waals surface area (Å²) in [7, 11) is 1.59. The maximum absolute atomic E-state index is 12.4. The molecule has 3 amide bonds. The third-order valence-corrected chi connectivity index (χ3v) is 5.60. The fourth-order valence-electron chi connectivity index (χ4n) is 3.74. The summed E-state index contributed by atoms with van der Waals surface area (Å²) in [5.41, 5.74) is 0.690. The number of benzene rings is 1. The Morgan fingerprint density at radius 2 is 1.93 bits per heavy atom. The van der Waals surface area contributed by atoms with Crippen molar-refractivity contribution in [3.8, 4) is 5.75 Å². The average molecular weight is 399 g/mol. The minimum atomic E-state index is -0.161. The molecule has 0 atom stereocenters. The summed E-state index contributed by atoms with van der Waals surface area (Å²) in [6, 6.07) is 7.09. The van der Waals surface area contributed by atoms with Gasteiger partial charge in [-0.2, -0.15) is 4.98 Å². The molecule has 2 fully saturated rings. The standard InChI is InChI=1S/C20H25N5O4/c1-13(26)24-8-6-14(7-9-24)18-22-19(29-23-18)15-11-25(12-15)20(27)21-16-4-3-5-17(10-16)28-2/h3-5,10,14-15H,6-9,11-12H2,1-2H3,(H,21,27). The van der Waals surface area contributed by atoms with Crippen LogP contribution in [0.3, 0.4) is 0 Å². The highest BCUT2D eigenvalue weighted by molar-refractivity contribution is 5.90. The lowest BCUT2D eigenvalue weighted by Gasteiger charge is -2.36. The summed E-state index contributed by atoms with van der Waals surface area (Å²) in [6.07, 6.45) is 1.69. The molecule has 0 saturated carbocycles. The molecule has 2 aliphatic rings. The van der Waals surface area contributed by atoms with Gasteiger partial charge in [0.05, 0.1) is 13.0 Å². The first kappa shape index (κ1) is 19.2. The van der Waals surface area contributed by atoms with Crippen LogP contribution in [0.4, 0.5) is 10.5 Å². The fourth-order valence-corrected chi connectivity index (χ4v) is 3.74. The van der Waals surface area contributed by atoms with E-state index in [-0.39, 0.29) is 23.8 Å². The molecule has 4 rings (SSSR count). The summed E-state index contributed by atoms with van der Waals surface area (Å²) < 4.78 is 10.6. The number of aromatic nitrogens is 2. The molecule has 9 heteroatoms. The van der Waals surface area contributed by atoms with Gasteiger partial charge in [0.15, 0.2) is 5.82 Å². The third kappa shape index (κ3) is 4.18. The molecule has 29 heavy (non-hydrogen) atoms. The van der Waals surface area contributed by atoms with E-state index < -0.39 is 0 Å². The molecule has 1 aromatic carbocycles. The molecule has 0 bridgehead atoms. The van der Waals surface area contributed by atoms with E-state index in [1.165, 1.54) is 0 Å². The number of likely N-dealkylation sites (tertiary alicyclic amines) is 2. The highest BCUT2D eigenvalue weighted by Gasteiger charge is 2.36. The number of urea groups is 1. The molecule has 9 nitrogen and oxygen atoms in total. The molecule has 0 radical (unpaired) electrons. The largest absolute Gasteiger partial charge is 0.497 e. The van der Waals surface area contributed by atoms with Gasteiger partial charge < -0.3 is 24.4 Å². The van der Waals surface area contributed by atoms with E-state index in [1.807, 2.05) is 23.1 Å². The van der Waals surface area contributed by atoms with Crippen molar-refractivity contribution >= 4 is 17.6 Å². The van der Waals surface area contributed by atoms with Gasteiger partial charge in [-0.15, -0.1) is 0 Å². The second-order valence-electron chi connectivity index (χ2n) is 7.54. The van der Waals surface area contributed by atoms with E-state index in [4.69, 9.17) is 9.26 Å². The Morgan fingerprint density at radius 1 is 1.17 bits per heavy atom. The van der Waals surface area contributed by atoms with Crippen LogP contribution in [0.1, 0.15) is 43.3 Å². The Morgan fingerprint density at radius 3 is 2.62 bits per heavy atom. The predicted molar refractivity (Wildman–Crippen MR) is 105 cm³/mol. The van der Waals surface area contributed by atoms with Gasteiger partial charge in [0.1, 0.15) is 5.75 Å². The van der Waals surface area contributed by atoms with Gasteiger partial charge in [-0.25, -0.2) is 4.79 Å². The van der Waals surface area contributed by atoms with Crippen LogP contribution in [0, 0.1) is 0 Å². The minimum absolute atomic E-state index is 0.0598. The van der Waals surface area contributed by atoms with Gasteiger partial charge in [-0.3, -0.25) is 4.79 Å². The quantitative estimate of drug-likeness (QED) is 0.847. The number of amides is 3. The molecular formula is C20H25N5O4. The minimum Gasteiger partial charge on any atom is -0.497 e. The Bertz CT molecular complexity index is 885. The van der Waals surface area contributed by atoms with E-state index in [0.29, 0.717) is 36.2 Å². The van der Waals surface area contributed by atoms with Crippen LogP contribution in [0.25, 0.3) is 0 Å². The number of hydrogen-bond acceptors (Lipinski definition) is 6. The first-order valence-electron chi connectivity index (χ1n) is 9.82. The van der Waals surface area contributed by atoms with E-state index in [1.54, 1.807) is 25.0 Å². The predicted octanol–water partition coefficient (Wildman–Crippen LogP) is 2.44. The summed E-state index contributed by atoms with van der Waals surface area (Å²) in [5, 5.41) is 7.02. The molecule has 0 unspecified atom stereocenters. The zero-order valence-corrected chi connectivity index (χ0v) is 16.6. The van der Waals surface area contributed by atoms with Crippen molar-refractivity contribution in [2.45, 2.75) is 31.6 Å². The Kier molecular flexibility index (Phi) is 5.37. The van der Waals surface area contributed by atoms with Crippen LogP contribution in [0.2, 0.25) is 0 Å². The fraction of sp³-hybridized carbons (Fsp3) is 0.500. The summed E-state index contributed by atoms with van der Waals surface area (Å²) in [6.45, 7) is 4.14. The van der Waals surface area contributed by atoms with Crippen molar-refractivity contribution in [2.75, 3.05) is 38.6 Å². The van der Waals surface area contributed by atoms with Crippen molar-refractivity contribution in [3.05, 3.63) is 36.0 Å². The van der Waals surface area contributed by atoms with Crippen LogP contribution < -0.4 is 10.1 Å². The van der Waals surface area contributed by atoms with Gasteiger partial charge in [0.2, 0.25) is 11.8 Å². The summed E-state index contributed by atoms with van der Waals surface area (Å²) >= 11 is 0. The molecule has 1 N–H and O–H groups in total. The molecule has 0 spiro atoms. The van der Waals surface area contributed by atoms with Crippen molar-refractivity contribution in [3.63, 3.8) is 0 Å². The molecule has 154 valence electrons. The highest BCUT2D eigenvalue weighted by Crippen LogP contribution is 2.30. The van der Waals surface area contributed by atoms with Crippen LogP contribution in [-0.2, 0) is 4.79 Å². The second kappa shape index (κ2) is 8.10. The molecule has 2 aliphatic heterocycles. The van der Waals surface area contributed by atoms with Crippen LogP contribution in [-0.4, -0.2) is 65.2 Å². The lowest BCUT2D eigenvalue weighted by atomic mass is 9.96. The van der Waals surface area contributed by atoms with Crippen LogP contribution >= 0.6 is 0 Å². The number of methoxy groups -OCH3 is 1. The Hall–Kier alpha value is -3.10. The highest BCUT2D eigenvalue weighted by atomic mass is 16.5. The zero-order valence-electron chi connectivity index (χ0n) is 16.6. The van der Waals surface area contributed by atoms with Gasteiger partial charge in [-0.05, 0) is 25.0 Å². The lowest BCUT2D eigenvalue weighted by molar-refractivity contribution is -0.129.